The molecule has 1 unspecified atom stereocenters. The first-order valence-corrected chi connectivity index (χ1v) is 17.2. The number of aryl methyl sites for hydroxylation is 1. The largest absolute Gasteiger partial charge is 0.598 e. The number of rotatable bonds is 9. The number of aliphatic hydroxyl groups is 1. The van der Waals surface area contributed by atoms with E-state index in [4.69, 9.17) is 0 Å². The highest BCUT2D eigenvalue weighted by atomic mass is 32.2. The maximum atomic E-state index is 13.9. The third-order valence-corrected chi connectivity index (χ3v) is 10.5. The summed E-state index contributed by atoms with van der Waals surface area (Å²) in [5, 5.41) is 15.6. The van der Waals surface area contributed by atoms with E-state index < -0.39 is 63.9 Å². The summed E-state index contributed by atoms with van der Waals surface area (Å²) in [7, 11) is 1.54. The van der Waals surface area contributed by atoms with Crippen molar-refractivity contribution in [3.63, 3.8) is 0 Å². The second-order valence-corrected chi connectivity index (χ2v) is 15.8. The number of fused-ring (bicyclic) bond motifs is 1. The number of carbonyl (C=O) groups excluding carboxylic acids is 1. The van der Waals surface area contributed by atoms with E-state index >= 15 is 0 Å². The summed E-state index contributed by atoms with van der Waals surface area (Å²) in [6.07, 6.45) is -8.90. The van der Waals surface area contributed by atoms with Gasteiger partial charge >= 0.3 is 12.4 Å². The van der Waals surface area contributed by atoms with Gasteiger partial charge in [0.2, 0.25) is 5.91 Å². The fraction of sp³-hybridized carbons (Fsp3) is 0.471. The van der Waals surface area contributed by atoms with Crippen molar-refractivity contribution in [1.29, 1.82) is 0 Å². The Kier molecular flexibility index (Phi) is 10.7. The maximum Gasteiger partial charge on any atom is 0.412 e. The van der Waals surface area contributed by atoms with Crippen LogP contribution in [0.15, 0.2) is 65.7 Å². The number of alkyl halides is 6. The van der Waals surface area contributed by atoms with Gasteiger partial charge in [0.05, 0.1) is 30.1 Å². The van der Waals surface area contributed by atoms with Gasteiger partial charge < -0.3 is 14.6 Å². The lowest BCUT2D eigenvalue weighted by Gasteiger charge is -2.39. The van der Waals surface area contributed by atoms with Crippen molar-refractivity contribution >= 4 is 28.3 Å². The second-order valence-electron chi connectivity index (χ2n) is 13.8. The second kappa shape index (κ2) is 14.2. The SMILES string of the molecule is Cn1nc2c(=O)n(CC3(O)CCN(C(=O)CC(c4ccccc4)C(F)(F)F)CC3)cnc2c1-c1ccc([C@@H](N[S@@+]([O-])C(C)(C)C)C(F)(F)F)cc1. The number of halogens is 6. The van der Waals surface area contributed by atoms with Crippen LogP contribution in [0.4, 0.5) is 26.3 Å². The zero-order valence-electron chi connectivity index (χ0n) is 28.3. The Morgan fingerprint density at radius 3 is 2.12 bits per heavy atom. The highest BCUT2D eigenvalue weighted by Crippen LogP contribution is 2.39. The molecule has 1 saturated heterocycles. The number of piperidine rings is 1. The van der Waals surface area contributed by atoms with Gasteiger partial charge in [-0.2, -0.15) is 31.4 Å². The normalized spacial score (nSPS) is 17.4. The minimum Gasteiger partial charge on any atom is -0.598 e. The molecule has 17 heteroatoms. The van der Waals surface area contributed by atoms with E-state index in [1.807, 2.05) is 0 Å². The van der Waals surface area contributed by atoms with Crippen LogP contribution in [0.2, 0.25) is 0 Å². The average molecular weight is 741 g/mol. The molecule has 3 atom stereocenters. The van der Waals surface area contributed by atoms with Gasteiger partial charge in [-0.25, -0.2) is 4.98 Å². The van der Waals surface area contributed by atoms with Crippen molar-refractivity contribution in [2.45, 2.75) is 81.2 Å². The van der Waals surface area contributed by atoms with Crippen LogP contribution >= 0.6 is 0 Å². The molecule has 51 heavy (non-hydrogen) atoms. The van der Waals surface area contributed by atoms with E-state index in [0.717, 1.165) is 0 Å². The quantitative estimate of drug-likeness (QED) is 0.170. The van der Waals surface area contributed by atoms with Gasteiger partial charge in [0, 0.05) is 43.5 Å². The smallest absolute Gasteiger partial charge is 0.412 e. The summed E-state index contributed by atoms with van der Waals surface area (Å²) in [6, 6.07) is 10.4. The van der Waals surface area contributed by atoms with Gasteiger partial charge in [-0.1, -0.05) is 54.6 Å². The third-order valence-electron chi connectivity index (χ3n) is 8.93. The Hall–Kier alpha value is -3.93. The predicted octanol–water partition coefficient (Wildman–Crippen LogP) is 5.54. The molecule has 2 N–H and O–H groups in total. The molecule has 0 saturated carbocycles. The molecular formula is C34H38F6N6O4S. The number of hydrogen-bond acceptors (Lipinski definition) is 7. The van der Waals surface area contributed by atoms with Crippen molar-refractivity contribution in [3.05, 3.63) is 82.4 Å². The van der Waals surface area contributed by atoms with Crippen LogP contribution < -0.4 is 10.3 Å². The van der Waals surface area contributed by atoms with Gasteiger partial charge in [0.15, 0.2) is 11.6 Å². The van der Waals surface area contributed by atoms with Crippen LogP contribution in [-0.4, -0.2) is 75.6 Å². The van der Waals surface area contributed by atoms with Crippen LogP contribution in [0.1, 0.15) is 63.1 Å². The van der Waals surface area contributed by atoms with Crippen molar-refractivity contribution in [2.24, 2.45) is 7.05 Å². The number of hydrogen-bond donors (Lipinski definition) is 2. The molecule has 5 rings (SSSR count). The molecule has 10 nitrogen and oxygen atoms in total. The Morgan fingerprint density at radius 1 is 0.961 bits per heavy atom. The summed E-state index contributed by atoms with van der Waals surface area (Å²) < 4.78 is 99.6. The van der Waals surface area contributed by atoms with Crippen LogP contribution in [-0.2, 0) is 29.7 Å². The number of carbonyl (C=O) groups is 1. The predicted molar refractivity (Wildman–Crippen MR) is 179 cm³/mol. The first-order chi connectivity index (χ1) is 23.7. The lowest BCUT2D eigenvalue weighted by molar-refractivity contribution is -0.162. The van der Waals surface area contributed by atoms with E-state index in [2.05, 4.69) is 14.8 Å². The van der Waals surface area contributed by atoms with Crippen LogP contribution in [0.25, 0.3) is 22.3 Å². The number of aromatic nitrogens is 4. The number of likely N-dealkylation sites (tertiary alicyclic amines) is 1. The Labute approximate surface area is 292 Å². The van der Waals surface area contributed by atoms with Gasteiger partial charge in [0.25, 0.3) is 5.56 Å². The highest BCUT2D eigenvalue weighted by molar-refractivity contribution is 7.90. The van der Waals surface area contributed by atoms with Crippen LogP contribution in [0, 0.1) is 0 Å². The fourth-order valence-corrected chi connectivity index (χ4v) is 6.87. The summed E-state index contributed by atoms with van der Waals surface area (Å²) in [5.41, 5.74) is -1.33. The number of benzene rings is 2. The molecule has 0 bridgehead atoms. The standard InChI is InChI=1S/C34H38F6N6O4S/c1-31(2,3)51(50)43-29(34(38,39)40)23-12-10-22(11-13-23)28-26-27(42-44(28)4)30(48)46(20-41-26)19-32(49)14-16-45(17-15-32)25(47)18-24(33(35,36)37)21-8-6-5-7-9-21/h5-13,20,24,29,43,49H,14-19H2,1-4H3/t24?,29-,51+/m1/s1. The third kappa shape index (κ3) is 8.59. The van der Waals surface area contributed by atoms with E-state index in [-0.39, 0.29) is 54.6 Å². The molecule has 2 aromatic carbocycles. The number of amides is 1. The first kappa shape index (κ1) is 38.3. The van der Waals surface area contributed by atoms with E-state index in [1.165, 1.54) is 69.0 Å². The molecule has 1 aliphatic heterocycles. The summed E-state index contributed by atoms with van der Waals surface area (Å²) >= 11 is -2.00. The Balaban J connectivity index is 1.30. The molecule has 1 aliphatic rings. The first-order valence-electron chi connectivity index (χ1n) is 16.1. The van der Waals surface area contributed by atoms with E-state index in [1.54, 1.807) is 33.9 Å². The Bertz CT molecular complexity index is 1900. The molecular weight excluding hydrogens is 702 g/mol. The van der Waals surface area contributed by atoms with Crippen LogP contribution in [0.5, 0.6) is 0 Å². The monoisotopic (exact) mass is 740 g/mol. The molecule has 276 valence electrons. The summed E-state index contributed by atoms with van der Waals surface area (Å²) in [4.78, 5) is 32.1. The number of nitrogens with zero attached hydrogens (tertiary/aromatic N) is 5. The van der Waals surface area contributed by atoms with Gasteiger partial charge in [-0.3, -0.25) is 18.8 Å². The fourth-order valence-electron chi connectivity index (χ4n) is 6.03. The molecule has 0 aliphatic carbocycles. The maximum absolute atomic E-state index is 13.9. The molecule has 0 spiro atoms. The lowest BCUT2D eigenvalue weighted by atomic mass is 9.90. The average Bonchev–Trinajstić information content (AvgIpc) is 3.39. The zero-order valence-corrected chi connectivity index (χ0v) is 29.1. The minimum atomic E-state index is -4.73. The highest BCUT2D eigenvalue weighted by Gasteiger charge is 2.46. The Morgan fingerprint density at radius 2 is 1.57 bits per heavy atom. The van der Waals surface area contributed by atoms with Crippen molar-refractivity contribution in [2.75, 3.05) is 13.1 Å². The molecule has 3 heterocycles. The minimum absolute atomic E-state index is 0.00216. The summed E-state index contributed by atoms with van der Waals surface area (Å²) in [5.74, 6) is -2.66. The van der Waals surface area contributed by atoms with Gasteiger partial charge in [-0.15, -0.1) is 4.72 Å². The topological polar surface area (TPSA) is 128 Å². The molecule has 2 aromatic heterocycles. The van der Waals surface area contributed by atoms with Crippen LogP contribution in [0.3, 0.4) is 0 Å². The molecule has 0 radical (unpaired) electrons. The molecule has 4 aromatic rings. The molecule has 1 amide bonds. The zero-order chi connectivity index (χ0) is 37.5. The van der Waals surface area contributed by atoms with Crippen molar-refractivity contribution < 1.29 is 40.8 Å². The summed E-state index contributed by atoms with van der Waals surface area (Å²) in [6.45, 7) is 4.42. The number of nitrogens with one attached hydrogen (secondary N) is 1. The lowest BCUT2D eigenvalue weighted by Crippen LogP contribution is -2.50. The van der Waals surface area contributed by atoms with Crippen molar-refractivity contribution in [3.8, 4) is 11.3 Å². The van der Waals surface area contributed by atoms with E-state index in [9.17, 15) is 45.6 Å². The van der Waals surface area contributed by atoms with E-state index in [0.29, 0.717) is 11.3 Å². The molecule has 1 fully saturated rings. The van der Waals surface area contributed by atoms with Crippen molar-refractivity contribution in [1.82, 2.24) is 29.0 Å². The van der Waals surface area contributed by atoms with Gasteiger partial charge in [-0.05, 0) is 44.7 Å². The van der Waals surface area contributed by atoms with Gasteiger partial charge in [0.1, 0.15) is 10.3 Å².